The summed E-state index contributed by atoms with van der Waals surface area (Å²) in [6, 6.07) is -0.540. The summed E-state index contributed by atoms with van der Waals surface area (Å²) in [4.78, 5) is 24.7. The van der Waals surface area contributed by atoms with Gasteiger partial charge in [0.25, 0.3) is 0 Å². The van der Waals surface area contributed by atoms with Crippen LogP contribution in [0.4, 0.5) is 0 Å². The van der Waals surface area contributed by atoms with Crippen molar-refractivity contribution in [1.29, 1.82) is 0 Å². The molecule has 3 N–H and O–H groups in total. The van der Waals surface area contributed by atoms with E-state index in [4.69, 9.17) is 4.74 Å². The second-order valence-corrected chi connectivity index (χ2v) is 28.8. The third kappa shape index (κ3) is 75.4. The number of carbonyl (C=O) groups excluding carboxylic acids is 2. The number of nitrogens with one attached hydrogen (secondary N) is 1. The average molecular weight is 1270 g/mol. The summed E-state index contributed by atoms with van der Waals surface area (Å²) >= 11 is 0. The Kier molecular flexibility index (Phi) is 78.3. The van der Waals surface area contributed by atoms with Crippen LogP contribution in [0.2, 0.25) is 0 Å². The zero-order chi connectivity index (χ0) is 64.9. The molecule has 0 aliphatic heterocycles. The quantitative estimate of drug-likeness (QED) is 0.0320. The average Bonchev–Trinajstić information content (AvgIpc) is 3.58. The topological polar surface area (TPSA) is 95.9 Å². The molecule has 0 fully saturated rings. The number of amides is 1. The van der Waals surface area contributed by atoms with E-state index in [2.05, 4.69) is 43.5 Å². The molecule has 2 atom stereocenters. The third-order valence-corrected chi connectivity index (χ3v) is 19.8. The Bertz CT molecular complexity index is 1410. The van der Waals surface area contributed by atoms with Crippen LogP contribution in [0.5, 0.6) is 0 Å². The SMILES string of the molecule is CCCCCCCCCCCCCCCCCCCCCCC(O)C(CO)NC(=O)CCCCCCCCCCCCCCCCCCC/C=C\C/C=C\CCCCCCCCCCCCCCCOC(=O)CCCCCCCCCCCCCCCCCC. The maximum Gasteiger partial charge on any atom is 0.305 e. The van der Waals surface area contributed by atoms with Gasteiger partial charge < -0.3 is 20.3 Å². The fourth-order valence-corrected chi connectivity index (χ4v) is 13.4. The lowest BCUT2D eigenvalue weighted by molar-refractivity contribution is -0.143. The molecule has 534 valence electrons. The van der Waals surface area contributed by atoms with Crippen molar-refractivity contribution in [1.82, 2.24) is 5.32 Å². The van der Waals surface area contributed by atoms with Crippen LogP contribution in [-0.4, -0.2) is 47.4 Å². The van der Waals surface area contributed by atoms with Crippen molar-refractivity contribution in [3.63, 3.8) is 0 Å². The van der Waals surface area contributed by atoms with Crippen molar-refractivity contribution >= 4 is 11.9 Å². The molecule has 0 aromatic heterocycles. The van der Waals surface area contributed by atoms with Crippen molar-refractivity contribution in [2.24, 2.45) is 0 Å². The molecule has 0 aromatic rings. The van der Waals surface area contributed by atoms with Gasteiger partial charge in [0.2, 0.25) is 5.91 Å². The number of unbranched alkanes of at least 4 members (excludes halogenated alkanes) is 64. The molecular weight excluding hydrogens is 1100 g/mol. The first kappa shape index (κ1) is 88.3. The Morgan fingerprint density at radius 1 is 0.311 bits per heavy atom. The van der Waals surface area contributed by atoms with E-state index in [1.165, 1.54) is 398 Å². The molecule has 0 aliphatic carbocycles. The van der Waals surface area contributed by atoms with Gasteiger partial charge >= 0.3 is 5.97 Å². The van der Waals surface area contributed by atoms with E-state index in [0.717, 1.165) is 44.9 Å². The standard InChI is InChI=1S/C84H163NO5/c1-3-5-7-9-11-13-15-17-19-21-22-42-45-48-52-56-60-64-68-72-76-82(87)81(80-86)85-83(88)77-73-69-65-61-57-53-49-46-43-40-38-36-34-32-30-28-26-24-23-25-27-29-31-33-35-37-39-41-44-47-51-55-59-63-67-71-75-79-90-84(89)78-74-70-66-62-58-54-50-20-18-16-14-12-10-8-6-4-2/h23,25,29,31,81-82,86-87H,3-22,24,26-28,30,32-80H2,1-2H3,(H,85,88)/b25-23-,31-29-. The number of aliphatic hydroxyl groups excluding tert-OH is 2. The lowest BCUT2D eigenvalue weighted by atomic mass is 10.0. The molecule has 6 heteroatoms. The second-order valence-electron chi connectivity index (χ2n) is 28.8. The molecule has 0 saturated carbocycles. The van der Waals surface area contributed by atoms with Crippen molar-refractivity contribution in [2.75, 3.05) is 13.2 Å². The predicted molar refractivity (Wildman–Crippen MR) is 398 cm³/mol. The molecule has 0 aromatic carbocycles. The molecule has 1 amide bonds. The van der Waals surface area contributed by atoms with Crippen LogP contribution in [0.1, 0.15) is 476 Å². The fraction of sp³-hybridized carbons (Fsp3) is 0.929. The Labute approximate surface area is 564 Å². The van der Waals surface area contributed by atoms with Gasteiger partial charge in [0.1, 0.15) is 0 Å². The zero-order valence-corrected chi connectivity index (χ0v) is 61.4. The highest BCUT2D eigenvalue weighted by Crippen LogP contribution is 2.20. The number of rotatable bonds is 79. The van der Waals surface area contributed by atoms with Gasteiger partial charge in [0.15, 0.2) is 0 Å². The van der Waals surface area contributed by atoms with E-state index in [9.17, 15) is 19.8 Å². The first-order valence-electron chi connectivity index (χ1n) is 41.6. The molecule has 2 unspecified atom stereocenters. The lowest BCUT2D eigenvalue weighted by Crippen LogP contribution is -2.45. The van der Waals surface area contributed by atoms with E-state index in [-0.39, 0.29) is 18.5 Å². The van der Waals surface area contributed by atoms with Crippen molar-refractivity contribution in [3.8, 4) is 0 Å². The number of hydrogen-bond acceptors (Lipinski definition) is 5. The normalized spacial score (nSPS) is 12.5. The Morgan fingerprint density at radius 3 is 0.844 bits per heavy atom. The van der Waals surface area contributed by atoms with Crippen LogP contribution in [0.3, 0.4) is 0 Å². The maximum atomic E-state index is 12.6. The smallest absolute Gasteiger partial charge is 0.305 e. The molecule has 0 radical (unpaired) electrons. The monoisotopic (exact) mass is 1270 g/mol. The van der Waals surface area contributed by atoms with Gasteiger partial charge in [0.05, 0.1) is 25.4 Å². The molecule has 0 bridgehead atoms. The highest BCUT2D eigenvalue weighted by Gasteiger charge is 2.20. The molecule has 0 spiro atoms. The minimum atomic E-state index is -0.663. The van der Waals surface area contributed by atoms with Crippen molar-refractivity contribution < 1.29 is 24.5 Å². The number of ether oxygens (including phenoxy) is 1. The highest BCUT2D eigenvalue weighted by molar-refractivity contribution is 5.76. The lowest BCUT2D eigenvalue weighted by Gasteiger charge is -2.22. The highest BCUT2D eigenvalue weighted by atomic mass is 16.5. The summed E-state index contributed by atoms with van der Waals surface area (Å²) in [6.45, 7) is 5.01. The number of esters is 1. The van der Waals surface area contributed by atoms with Crippen LogP contribution >= 0.6 is 0 Å². The molecule has 6 nitrogen and oxygen atoms in total. The van der Waals surface area contributed by atoms with Crippen LogP contribution < -0.4 is 5.32 Å². The van der Waals surface area contributed by atoms with Gasteiger partial charge in [-0.2, -0.15) is 0 Å². The summed E-state index contributed by atoms with van der Waals surface area (Å²) in [5.74, 6) is -0.00359. The predicted octanol–water partition coefficient (Wildman–Crippen LogP) is 27.6. The summed E-state index contributed by atoms with van der Waals surface area (Å²) in [6.07, 6.45) is 103. The second kappa shape index (κ2) is 79.8. The Morgan fingerprint density at radius 2 is 0.556 bits per heavy atom. The van der Waals surface area contributed by atoms with Crippen LogP contribution in [0.25, 0.3) is 0 Å². The van der Waals surface area contributed by atoms with E-state index in [1.54, 1.807) is 0 Å². The van der Waals surface area contributed by atoms with Gasteiger partial charge in [-0.3, -0.25) is 9.59 Å². The van der Waals surface area contributed by atoms with Crippen LogP contribution in [-0.2, 0) is 14.3 Å². The third-order valence-electron chi connectivity index (χ3n) is 19.8. The minimum Gasteiger partial charge on any atom is -0.466 e. The van der Waals surface area contributed by atoms with E-state index in [0.29, 0.717) is 25.9 Å². The molecule has 0 heterocycles. The Balaban J connectivity index is 3.35. The molecular formula is C84H163NO5. The summed E-state index contributed by atoms with van der Waals surface area (Å²) in [5, 5.41) is 23.5. The summed E-state index contributed by atoms with van der Waals surface area (Å²) in [7, 11) is 0. The van der Waals surface area contributed by atoms with E-state index in [1.807, 2.05) is 0 Å². The number of aliphatic hydroxyl groups is 2. The van der Waals surface area contributed by atoms with Gasteiger partial charge in [-0.1, -0.05) is 430 Å². The van der Waals surface area contributed by atoms with Gasteiger partial charge in [-0.15, -0.1) is 0 Å². The van der Waals surface area contributed by atoms with E-state index < -0.39 is 12.1 Å². The van der Waals surface area contributed by atoms with Gasteiger partial charge in [0, 0.05) is 12.8 Å². The first-order valence-corrected chi connectivity index (χ1v) is 41.6. The molecule has 0 rings (SSSR count). The molecule has 90 heavy (non-hydrogen) atoms. The van der Waals surface area contributed by atoms with Crippen molar-refractivity contribution in [2.45, 2.75) is 488 Å². The summed E-state index contributed by atoms with van der Waals surface area (Å²) in [5.41, 5.74) is 0. The minimum absolute atomic E-state index is 0.0233. The number of carbonyl (C=O) groups is 2. The summed E-state index contributed by atoms with van der Waals surface area (Å²) < 4.78 is 5.51. The zero-order valence-electron chi connectivity index (χ0n) is 61.4. The maximum absolute atomic E-state index is 12.6. The fourth-order valence-electron chi connectivity index (χ4n) is 13.4. The van der Waals surface area contributed by atoms with E-state index >= 15 is 0 Å². The van der Waals surface area contributed by atoms with Crippen LogP contribution in [0.15, 0.2) is 24.3 Å². The largest absolute Gasteiger partial charge is 0.466 e. The Hall–Kier alpha value is -1.66. The first-order chi connectivity index (χ1) is 44.5. The molecule has 0 aliphatic rings. The van der Waals surface area contributed by atoms with Gasteiger partial charge in [-0.25, -0.2) is 0 Å². The number of hydrogen-bond donors (Lipinski definition) is 3. The van der Waals surface area contributed by atoms with Crippen molar-refractivity contribution in [3.05, 3.63) is 24.3 Å². The molecule has 0 saturated heterocycles. The number of allylic oxidation sites excluding steroid dienone is 4. The van der Waals surface area contributed by atoms with Gasteiger partial charge in [-0.05, 0) is 57.8 Å². The van der Waals surface area contributed by atoms with Crippen LogP contribution in [0, 0.1) is 0 Å².